The maximum absolute atomic E-state index is 13.3. The summed E-state index contributed by atoms with van der Waals surface area (Å²) in [5, 5.41) is 9.19. The van der Waals surface area contributed by atoms with Crippen LogP contribution in [-0.2, 0) is 14.8 Å². The maximum Gasteiger partial charge on any atom is 0.339 e. The molecule has 21 heavy (non-hydrogen) atoms. The number of nitrogens with one attached hydrogen (secondary N) is 1. The van der Waals surface area contributed by atoms with Crippen molar-refractivity contribution in [1.82, 2.24) is 4.72 Å². The van der Waals surface area contributed by atoms with Gasteiger partial charge in [0.25, 0.3) is 0 Å². The molecule has 0 aromatic heterocycles. The Labute approximate surface area is 123 Å². The molecule has 6 nitrogen and oxygen atoms in total. The number of ether oxygens (including phenoxy) is 1. The minimum absolute atomic E-state index is 0.181. The van der Waals surface area contributed by atoms with Gasteiger partial charge < -0.3 is 9.84 Å². The van der Waals surface area contributed by atoms with Gasteiger partial charge in [-0.25, -0.2) is 22.3 Å². The number of benzene rings is 1. The second-order valence-electron chi connectivity index (χ2n) is 4.79. The minimum Gasteiger partial charge on any atom is -0.465 e. The Hall–Kier alpha value is -1.51. The topological polar surface area (TPSA) is 92.7 Å². The van der Waals surface area contributed by atoms with Crippen LogP contribution in [0.4, 0.5) is 4.39 Å². The number of aliphatic hydroxyl groups excluding tert-OH is 1. The molecule has 0 amide bonds. The monoisotopic (exact) mass is 319 g/mol. The maximum atomic E-state index is 13.3. The highest BCUT2D eigenvalue weighted by Gasteiger charge is 2.27. The van der Waals surface area contributed by atoms with Crippen molar-refractivity contribution in [3.05, 3.63) is 29.6 Å². The summed E-state index contributed by atoms with van der Waals surface area (Å²) in [6, 6.07) is 2.00. The number of methoxy groups -OCH3 is 1. The quantitative estimate of drug-likeness (QED) is 0.760. The van der Waals surface area contributed by atoms with Crippen molar-refractivity contribution in [3.63, 3.8) is 0 Å². The van der Waals surface area contributed by atoms with E-state index in [0.717, 1.165) is 25.3 Å². The van der Waals surface area contributed by atoms with Crippen LogP contribution in [-0.4, -0.2) is 39.3 Å². The lowest BCUT2D eigenvalue weighted by atomic mass is 10.1. The number of sulfonamides is 1. The Morgan fingerprint density at radius 1 is 1.43 bits per heavy atom. The molecule has 0 unspecified atom stereocenters. The molecule has 2 N–H and O–H groups in total. The van der Waals surface area contributed by atoms with Crippen LogP contribution in [0.5, 0.6) is 0 Å². The summed E-state index contributed by atoms with van der Waals surface area (Å²) in [5.74, 6) is -1.87. The lowest BCUT2D eigenvalue weighted by molar-refractivity contribution is 0.0596. The molecule has 0 aliphatic rings. The molecule has 0 spiro atoms. The van der Waals surface area contributed by atoms with Crippen molar-refractivity contribution in [3.8, 4) is 0 Å². The van der Waals surface area contributed by atoms with Crippen LogP contribution in [0.25, 0.3) is 0 Å². The average Bonchev–Trinajstić information content (AvgIpc) is 2.43. The van der Waals surface area contributed by atoms with E-state index < -0.39 is 39.4 Å². The van der Waals surface area contributed by atoms with Gasteiger partial charge in [-0.15, -0.1) is 0 Å². The molecule has 0 heterocycles. The Morgan fingerprint density at radius 2 is 2.05 bits per heavy atom. The summed E-state index contributed by atoms with van der Waals surface area (Å²) < 4.78 is 44.7. The van der Waals surface area contributed by atoms with Gasteiger partial charge in [0.1, 0.15) is 5.82 Å². The number of carbonyl (C=O) groups is 1. The van der Waals surface area contributed by atoms with E-state index in [-0.39, 0.29) is 11.5 Å². The smallest absolute Gasteiger partial charge is 0.339 e. The molecule has 0 aliphatic carbocycles. The lowest BCUT2D eigenvalue weighted by Gasteiger charge is -2.20. The zero-order valence-electron chi connectivity index (χ0n) is 12.0. The van der Waals surface area contributed by atoms with E-state index in [9.17, 15) is 22.7 Å². The molecular weight excluding hydrogens is 301 g/mol. The fourth-order valence-electron chi connectivity index (χ4n) is 1.64. The first kappa shape index (κ1) is 17.5. The number of carbonyl (C=O) groups excluding carboxylic acids is 1. The predicted octanol–water partition coefficient (Wildman–Crippen LogP) is 0.907. The summed E-state index contributed by atoms with van der Waals surface area (Å²) >= 11 is 0. The molecule has 1 aromatic rings. The van der Waals surface area contributed by atoms with Crippen molar-refractivity contribution in [2.75, 3.05) is 13.7 Å². The molecule has 8 heteroatoms. The number of aliphatic hydroxyl groups is 1. The zero-order valence-corrected chi connectivity index (χ0v) is 12.8. The standard InChI is InChI=1S/C13H18FNO5S/c1-8(2)11(7-16)15-21(18,19)12-6-9(14)4-5-10(12)13(17)20-3/h4-6,8,11,15-16H,7H2,1-3H3/t11-/m1/s1. The van der Waals surface area contributed by atoms with Gasteiger partial charge in [0, 0.05) is 6.04 Å². The van der Waals surface area contributed by atoms with Gasteiger partial charge in [-0.3, -0.25) is 0 Å². The van der Waals surface area contributed by atoms with Gasteiger partial charge in [-0.2, -0.15) is 0 Å². The fourth-order valence-corrected chi connectivity index (χ4v) is 3.22. The molecule has 0 radical (unpaired) electrons. The molecular formula is C13H18FNO5S. The van der Waals surface area contributed by atoms with Crippen LogP contribution < -0.4 is 4.72 Å². The summed E-state index contributed by atoms with van der Waals surface area (Å²) in [6.07, 6.45) is 0. The van der Waals surface area contributed by atoms with Crippen LogP contribution in [0.3, 0.4) is 0 Å². The van der Waals surface area contributed by atoms with Gasteiger partial charge in [-0.05, 0) is 24.1 Å². The number of hydrogen-bond donors (Lipinski definition) is 2. The molecule has 0 saturated carbocycles. The van der Waals surface area contributed by atoms with Crippen LogP contribution in [0.2, 0.25) is 0 Å². The van der Waals surface area contributed by atoms with Crippen molar-refractivity contribution >= 4 is 16.0 Å². The van der Waals surface area contributed by atoms with Crippen molar-refractivity contribution in [2.24, 2.45) is 5.92 Å². The summed E-state index contributed by atoms with van der Waals surface area (Å²) in [5.41, 5.74) is -0.271. The highest BCUT2D eigenvalue weighted by molar-refractivity contribution is 7.89. The Bertz CT molecular complexity index is 615. The third kappa shape index (κ3) is 4.23. The summed E-state index contributed by atoms with van der Waals surface area (Å²) in [4.78, 5) is 11.1. The van der Waals surface area contributed by atoms with Crippen molar-refractivity contribution in [2.45, 2.75) is 24.8 Å². The highest BCUT2D eigenvalue weighted by atomic mass is 32.2. The van der Waals surface area contributed by atoms with Gasteiger partial charge in [-0.1, -0.05) is 13.8 Å². The molecule has 118 valence electrons. The first-order valence-corrected chi connectivity index (χ1v) is 7.72. The largest absolute Gasteiger partial charge is 0.465 e. The predicted molar refractivity (Wildman–Crippen MR) is 73.8 cm³/mol. The van der Waals surface area contributed by atoms with Gasteiger partial charge in [0.15, 0.2) is 0 Å². The first-order chi connectivity index (χ1) is 9.72. The third-order valence-corrected chi connectivity index (χ3v) is 4.48. The fraction of sp³-hybridized carbons (Fsp3) is 0.462. The molecule has 1 rings (SSSR count). The van der Waals surface area contributed by atoms with Crippen LogP contribution >= 0.6 is 0 Å². The minimum atomic E-state index is -4.18. The zero-order chi connectivity index (χ0) is 16.2. The average molecular weight is 319 g/mol. The van der Waals surface area contributed by atoms with Crippen LogP contribution in [0.15, 0.2) is 23.1 Å². The number of rotatable bonds is 6. The highest BCUT2D eigenvalue weighted by Crippen LogP contribution is 2.19. The van der Waals surface area contributed by atoms with E-state index in [4.69, 9.17) is 0 Å². The van der Waals surface area contributed by atoms with Crippen molar-refractivity contribution < 1.29 is 27.4 Å². The van der Waals surface area contributed by atoms with E-state index in [1.54, 1.807) is 13.8 Å². The summed E-state index contributed by atoms with van der Waals surface area (Å²) in [6.45, 7) is 3.02. The van der Waals surface area contributed by atoms with Crippen LogP contribution in [0, 0.1) is 11.7 Å². The Morgan fingerprint density at radius 3 is 2.52 bits per heavy atom. The molecule has 0 aliphatic heterocycles. The SMILES string of the molecule is COC(=O)c1ccc(F)cc1S(=O)(=O)N[C@H](CO)C(C)C. The number of hydrogen-bond acceptors (Lipinski definition) is 5. The van der Waals surface area contributed by atoms with E-state index in [1.165, 1.54) is 0 Å². The Kier molecular flexibility index (Phi) is 5.82. The second-order valence-corrected chi connectivity index (χ2v) is 6.47. The second kappa shape index (κ2) is 6.97. The normalized spacial score (nSPS) is 13.2. The van der Waals surface area contributed by atoms with Crippen molar-refractivity contribution in [1.29, 1.82) is 0 Å². The first-order valence-electron chi connectivity index (χ1n) is 6.24. The molecule has 0 fully saturated rings. The summed E-state index contributed by atoms with van der Waals surface area (Å²) in [7, 11) is -3.08. The van der Waals surface area contributed by atoms with E-state index in [0.29, 0.717) is 0 Å². The van der Waals surface area contributed by atoms with Gasteiger partial charge in [0.05, 0.1) is 24.2 Å². The molecule has 0 saturated heterocycles. The van der Waals surface area contributed by atoms with Crippen LogP contribution in [0.1, 0.15) is 24.2 Å². The molecule has 0 bridgehead atoms. The number of esters is 1. The van der Waals surface area contributed by atoms with E-state index >= 15 is 0 Å². The molecule has 1 aromatic carbocycles. The number of halogens is 1. The van der Waals surface area contributed by atoms with Gasteiger partial charge in [0.2, 0.25) is 10.0 Å². The van der Waals surface area contributed by atoms with E-state index in [2.05, 4.69) is 9.46 Å². The Balaban J connectivity index is 3.30. The third-order valence-electron chi connectivity index (χ3n) is 2.95. The molecule has 1 atom stereocenters. The van der Waals surface area contributed by atoms with E-state index in [1.807, 2.05) is 0 Å². The van der Waals surface area contributed by atoms with Gasteiger partial charge >= 0.3 is 5.97 Å². The lowest BCUT2D eigenvalue weighted by Crippen LogP contribution is -2.41.